The Hall–Kier alpha value is -2.19. The molecule has 4 N–H and O–H groups in total. The lowest BCUT2D eigenvalue weighted by Crippen LogP contribution is -2.23. The van der Waals surface area contributed by atoms with Crippen LogP contribution in [0.25, 0.3) is 0 Å². The Morgan fingerprint density at radius 2 is 2.15 bits per heavy atom. The Morgan fingerprint density at radius 1 is 1.50 bits per heavy atom. The van der Waals surface area contributed by atoms with Crippen molar-refractivity contribution in [3.63, 3.8) is 0 Å². The molecule has 2 unspecified atom stereocenters. The number of nitro groups is 1. The predicted octanol–water partition coefficient (Wildman–Crippen LogP) is 0.525. The highest BCUT2D eigenvalue weighted by Crippen LogP contribution is 2.27. The topological polar surface area (TPSA) is 136 Å². The van der Waals surface area contributed by atoms with E-state index in [0.29, 0.717) is 0 Å². The van der Waals surface area contributed by atoms with Gasteiger partial charge in [-0.2, -0.15) is 0 Å². The molecule has 0 aliphatic rings. The first-order valence-electron chi connectivity index (χ1n) is 5.92. The average molecular weight is 284 g/mol. The minimum absolute atomic E-state index is 0.130. The van der Waals surface area contributed by atoms with Gasteiger partial charge in [0, 0.05) is 6.07 Å². The van der Waals surface area contributed by atoms with Gasteiger partial charge in [-0.05, 0) is 24.6 Å². The van der Waals surface area contributed by atoms with Crippen molar-refractivity contribution in [3.05, 3.63) is 33.9 Å². The molecule has 110 valence electrons. The molecule has 0 amide bonds. The first kappa shape index (κ1) is 15.9. The van der Waals surface area contributed by atoms with Crippen LogP contribution in [0.1, 0.15) is 25.0 Å². The molecule has 0 saturated heterocycles. The third-order valence-electron chi connectivity index (χ3n) is 2.64. The van der Waals surface area contributed by atoms with Crippen molar-refractivity contribution in [2.24, 2.45) is 0 Å². The summed E-state index contributed by atoms with van der Waals surface area (Å²) in [7, 11) is 0. The average Bonchev–Trinajstić information content (AvgIpc) is 2.37. The Labute approximate surface area is 114 Å². The number of hydrogen-bond donors (Lipinski definition) is 3. The summed E-state index contributed by atoms with van der Waals surface area (Å²) < 4.78 is 4.65. The SMILES string of the molecule is CCOC(=O)CC(O)C(O)c1ccc([N+](=O)[O-])c(N)c1. The van der Waals surface area contributed by atoms with Crippen LogP contribution in [0.3, 0.4) is 0 Å². The lowest BCUT2D eigenvalue weighted by Gasteiger charge is -2.17. The molecule has 0 spiro atoms. The van der Waals surface area contributed by atoms with Crippen LogP contribution in [0.2, 0.25) is 0 Å². The zero-order valence-electron chi connectivity index (χ0n) is 10.9. The van der Waals surface area contributed by atoms with Crippen LogP contribution < -0.4 is 5.73 Å². The van der Waals surface area contributed by atoms with Crippen LogP contribution in [0.4, 0.5) is 11.4 Å². The van der Waals surface area contributed by atoms with Gasteiger partial charge in [-0.25, -0.2) is 0 Å². The largest absolute Gasteiger partial charge is 0.466 e. The summed E-state index contributed by atoms with van der Waals surface area (Å²) in [6.07, 6.45) is -3.15. The van der Waals surface area contributed by atoms with Gasteiger partial charge in [0.2, 0.25) is 0 Å². The van der Waals surface area contributed by atoms with Gasteiger partial charge in [-0.15, -0.1) is 0 Å². The van der Waals surface area contributed by atoms with Crippen LogP contribution in [0, 0.1) is 10.1 Å². The number of aliphatic hydroxyl groups excluding tert-OH is 2. The van der Waals surface area contributed by atoms with Crippen LogP contribution >= 0.6 is 0 Å². The van der Waals surface area contributed by atoms with Crippen molar-refractivity contribution in [1.82, 2.24) is 0 Å². The molecule has 0 radical (unpaired) electrons. The van der Waals surface area contributed by atoms with Crippen LogP contribution in [0.5, 0.6) is 0 Å². The zero-order valence-corrected chi connectivity index (χ0v) is 10.9. The van der Waals surface area contributed by atoms with Crippen LogP contribution in [0.15, 0.2) is 18.2 Å². The third-order valence-corrected chi connectivity index (χ3v) is 2.64. The molecule has 8 heteroatoms. The Kier molecular flexibility index (Phi) is 5.42. The fourth-order valence-electron chi connectivity index (χ4n) is 1.65. The second kappa shape index (κ2) is 6.83. The Morgan fingerprint density at radius 3 is 2.65 bits per heavy atom. The maximum absolute atomic E-state index is 11.2. The van der Waals surface area contributed by atoms with Crippen molar-refractivity contribution in [2.75, 3.05) is 12.3 Å². The minimum atomic E-state index is -1.39. The number of nitro benzene ring substituents is 1. The van der Waals surface area contributed by atoms with Gasteiger partial charge in [-0.3, -0.25) is 14.9 Å². The molecule has 0 aromatic heterocycles. The summed E-state index contributed by atoms with van der Waals surface area (Å²) in [4.78, 5) is 21.1. The molecule has 0 heterocycles. The molecule has 20 heavy (non-hydrogen) atoms. The standard InChI is InChI=1S/C12H16N2O6/c1-2-20-11(16)6-10(15)12(17)7-3-4-9(14(18)19)8(13)5-7/h3-5,10,12,15,17H,2,6,13H2,1H3. The van der Waals surface area contributed by atoms with Crippen molar-refractivity contribution in [1.29, 1.82) is 0 Å². The molecule has 8 nitrogen and oxygen atoms in total. The van der Waals surface area contributed by atoms with Crippen LogP contribution in [-0.2, 0) is 9.53 Å². The second-order valence-corrected chi connectivity index (χ2v) is 4.10. The van der Waals surface area contributed by atoms with E-state index in [4.69, 9.17) is 5.73 Å². The highest BCUT2D eigenvalue weighted by Gasteiger charge is 2.23. The molecule has 2 atom stereocenters. The van der Waals surface area contributed by atoms with Crippen molar-refractivity contribution in [3.8, 4) is 0 Å². The van der Waals surface area contributed by atoms with Crippen molar-refractivity contribution in [2.45, 2.75) is 25.6 Å². The monoisotopic (exact) mass is 284 g/mol. The number of benzene rings is 1. The number of nitrogen functional groups attached to an aromatic ring is 1. The van der Waals surface area contributed by atoms with Gasteiger partial charge in [0.05, 0.1) is 24.1 Å². The quantitative estimate of drug-likeness (QED) is 0.300. The maximum Gasteiger partial charge on any atom is 0.308 e. The number of anilines is 1. The molecule has 1 rings (SSSR count). The minimum Gasteiger partial charge on any atom is -0.466 e. The van der Waals surface area contributed by atoms with E-state index < -0.39 is 23.1 Å². The summed E-state index contributed by atoms with van der Waals surface area (Å²) in [5.41, 5.74) is 5.25. The Bertz CT molecular complexity index is 505. The number of rotatable bonds is 6. The molecule has 0 bridgehead atoms. The molecule has 1 aromatic rings. The van der Waals surface area contributed by atoms with Gasteiger partial charge in [0.15, 0.2) is 0 Å². The van der Waals surface area contributed by atoms with E-state index in [0.717, 1.165) is 6.07 Å². The highest BCUT2D eigenvalue weighted by molar-refractivity contribution is 5.70. The smallest absolute Gasteiger partial charge is 0.308 e. The van der Waals surface area contributed by atoms with E-state index in [9.17, 15) is 25.1 Å². The van der Waals surface area contributed by atoms with Crippen molar-refractivity contribution >= 4 is 17.3 Å². The molecule has 0 aliphatic heterocycles. The zero-order chi connectivity index (χ0) is 15.3. The Balaban J connectivity index is 2.81. The lowest BCUT2D eigenvalue weighted by molar-refractivity contribution is -0.383. The van der Waals surface area contributed by atoms with E-state index in [1.54, 1.807) is 6.92 Å². The summed E-state index contributed by atoms with van der Waals surface area (Å²) in [5, 5.41) is 30.2. The number of nitrogens with zero attached hydrogens (tertiary/aromatic N) is 1. The molecular weight excluding hydrogens is 268 g/mol. The molecule has 1 aromatic carbocycles. The van der Waals surface area contributed by atoms with E-state index in [1.807, 2.05) is 0 Å². The number of carbonyl (C=O) groups is 1. The van der Waals surface area contributed by atoms with Crippen molar-refractivity contribution < 1.29 is 24.7 Å². The number of ether oxygens (including phenoxy) is 1. The number of esters is 1. The van der Waals surface area contributed by atoms with Gasteiger partial charge >= 0.3 is 5.97 Å². The van der Waals surface area contributed by atoms with E-state index in [2.05, 4.69) is 4.74 Å². The van der Waals surface area contributed by atoms with E-state index >= 15 is 0 Å². The summed E-state index contributed by atoms with van der Waals surface area (Å²) in [6, 6.07) is 3.59. The van der Waals surface area contributed by atoms with Gasteiger partial charge in [0.1, 0.15) is 11.8 Å². The molecule has 0 saturated carbocycles. The molecular formula is C12H16N2O6. The van der Waals surface area contributed by atoms with Gasteiger partial charge < -0.3 is 20.7 Å². The third kappa shape index (κ3) is 3.90. The fourth-order valence-corrected chi connectivity index (χ4v) is 1.65. The molecule has 0 fully saturated rings. The number of carbonyl (C=O) groups excluding carboxylic acids is 1. The number of aliphatic hydroxyl groups is 2. The highest BCUT2D eigenvalue weighted by atomic mass is 16.6. The maximum atomic E-state index is 11.2. The summed E-state index contributed by atoms with van der Waals surface area (Å²) >= 11 is 0. The number of nitrogens with two attached hydrogens (primary N) is 1. The summed E-state index contributed by atoms with van der Waals surface area (Å²) in [6.45, 7) is 1.80. The second-order valence-electron chi connectivity index (χ2n) is 4.10. The van der Waals surface area contributed by atoms with Gasteiger partial charge in [-0.1, -0.05) is 0 Å². The first-order valence-corrected chi connectivity index (χ1v) is 5.92. The first-order chi connectivity index (χ1) is 9.36. The normalized spacial score (nSPS) is 13.6. The number of hydrogen-bond acceptors (Lipinski definition) is 7. The molecule has 0 aliphatic carbocycles. The van der Waals surface area contributed by atoms with Gasteiger partial charge in [0.25, 0.3) is 5.69 Å². The van der Waals surface area contributed by atoms with E-state index in [-0.39, 0.29) is 30.0 Å². The predicted molar refractivity (Wildman–Crippen MR) is 69.7 cm³/mol. The fraction of sp³-hybridized carbons (Fsp3) is 0.417. The van der Waals surface area contributed by atoms with Crippen LogP contribution in [-0.4, -0.2) is 33.8 Å². The summed E-state index contributed by atoms with van der Waals surface area (Å²) in [5.74, 6) is -0.645. The lowest BCUT2D eigenvalue weighted by atomic mass is 10.0. The van der Waals surface area contributed by atoms with E-state index in [1.165, 1.54) is 12.1 Å².